The molecule has 2 bridgehead atoms. The maximum absolute atomic E-state index is 14.9. The van der Waals surface area contributed by atoms with E-state index < -0.39 is 91.4 Å². The minimum Gasteiger partial charge on any atom is -0.490 e. The number of carbonyl (C=O) groups is 5. The minimum atomic E-state index is -4.05. The largest absolute Gasteiger partial charge is 0.490 e. The molecule has 0 radical (unpaired) electrons. The zero-order valence-electron chi connectivity index (χ0n) is 40.4. The number of pyridine rings is 1. The number of alkyl carbamates (subject to hydrolysis) is 1. The van der Waals surface area contributed by atoms with Crippen molar-refractivity contribution in [1.29, 1.82) is 0 Å². The normalized spacial score (nSPS) is 29.6. The predicted octanol–water partition coefficient (Wildman–Crippen LogP) is 5.30. The molecule has 19 heteroatoms. The summed E-state index contributed by atoms with van der Waals surface area (Å²) in [7, 11) is -4.05. The molecule has 4 heterocycles. The van der Waals surface area contributed by atoms with Crippen LogP contribution in [0.25, 0.3) is 10.9 Å². The van der Waals surface area contributed by atoms with Crippen LogP contribution in [0.5, 0.6) is 11.6 Å². The molecule has 3 aliphatic carbocycles. The lowest BCUT2D eigenvalue weighted by atomic mass is 9.85. The quantitative estimate of drug-likeness (QED) is 0.272. The van der Waals surface area contributed by atoms with Gasteiger partial charge in [-0.3, -0.25) is 19.1 Å². The second-order valence-corrected chi connectivity index (χ2v) is 24.0. The Morgan fingerprint density at radius 3 is 2.47 bits per heavy atom. The van der Waals surface area contributed by atoms with Gasteiger partial charge in [0, 0.05) is 24.3 Å². The number of sulfonamides is 1. The Bertz CT molecular complexity index is 2430. The third kappa shape index (κ3) is 10.7. The minimum absolute atomic E-state index is 0.0317. The summed E-state index contributed by atoms with van der Waals surface area (Å²) in [5.74, 6) is -1.66. The van der Waals surface area contributed by atoms with E-state index in [0.29, 0.717) is 49.2 Å². The van der Waals surface area contributed by atoms with E-state index in [2.05, 4.69) is 21.9 Å². The molecule has 372 valence electrons. The van der Waals surface area contributed by atoms with Gasteiger partial charge in [0.1, 0.15) is 53.9 Å². The number of morpholine rings is 1. The van der Waals surface area contributed by atoms with Crippen molar-refractivity contribution in [3.05, 3.63) is 42.5 Å². The van der Waals surface area contributed by atoms with Crippen LogP contribution in [-0.2, 0) is 45.0 Å². The number of fused-ring (bicyclic) bond motifs is 5. The van der Waals surface area contributed by atoms with Crippen LogP contribution >= 0.6 is 0 Å². The molecular weight excluding hydrogens is 897 g/mol. The lowest BCUT2D eigenvalue weighted by molar-refractivity contribution is -0.142. The first-order valence-electron chi connectivity index (χ1n) is 24.1. The summed E-state index contributed by atoms with van der Waals surface area (Å²) in [5.41, 5.74) is -1.83. The number of ether oxygens (including phenoxy) is 5. The van der Waals surface area contributed by atoms with Crippen molar-refractivity contribution < 1.29 is 56.1 Å². The molecule has 68 heavy (non-hydrogen) atoms. The Hall–Kier alpha value is -5.17. The van der Waals surface area contributed by atoms with Crippen molar-refractivity contribution in [3.8, 4) is 11.6 Å². The number of rotatable bonds is 9. The highest BCUT2D eigenvalue weighted by atomic mass is 32.2. The Morgan fingerprint density at radius 1 is 1.03 bits per heavy atom. The topological polar surface area (TPSA) is 221 Å². The smallest absolute Gasteiger partial charge is 0.410 e. The molecule has 0 spiro atoms. The molecule has 5 fully saturated rings. The molecule has 8 rings (SSSR count). The van der Waals surface area contributed by atoms with Crippen LogP contribution in [0.1, 0.15) is 112 Å². The van der Waals surface area contributed by atoms with Crippen LogP contribution in [-0.4, -0.2) is 132 Å². The molecule has 5 amide bonds. The van der Waals surface area contributed by atoms with Crippen LogP contribution in [0.15, 0.2) is 36.9 Å². The standard InChI is InChI=1S/C49H68N6O12S/c1-9-30-25-49(30,43(58)53-68(61,62)48(8)19-20-48)52-40(56)36-24-31-27-55(36)42(57)39(46(2,3)4)51-44(59)66-37-23-29(37)15-11-10-12-17-34-38(33-16-13-14-18-35(33)50-41(34)65-31)64-28-32-26-54(21-22-63-32)45(60)67-47(5,6)7/h9,13-14,16,18,29-32,36-37,39H,1,10-12,15,17,19-28H2,2-8H3,(H,51,59)(H,52,56)(H,53,58)/t29-,30-,31-,32-,36+,37-,39-,49-/m1/s1. The van der Waals surface area contributed by atoms with Crippen molar-refractivity contribution in [2.24, 2.45) is 17.3 Å². The molecular formula is C49H68N6O12S. The monoisotopic (exact) mass is 964 g/mol. The predicted molar refractivity (Wildman–Crippen MR) is 250 cm³/mol. The Morgan fingerprint density at radius 2 is 1.78 bits per heavy atom. The van der Waals surface area contributed by atoms with Crippen LogP contribution in [0.3, 0.4) is 0 Å². The molecule has 6 aliphatic rings. The summed E-state index contributed by atoms with van der Waals surface area (Å²) >= 11 is 0. The fourth-order valence-electron chi connectivity index (χ4n) is 9.48. The number of para-hydroxylation sites is 1. The number of amides is 5. The van der Waals surface area contributed by atoms with Gasteiger partial charge in [-0.2, -0.15) is 0 Å². The molecule has 3 aliphatic heterocycles. The third-order valence-electron chi connectivity index (χ3n) is 14.1. The summed E-state index contributed by atoms with van der Waals surface area (Å²) < 4.78 is 58.7. The van der Waals surface area contributed by atoms with E-state index in [1.165, 1.54) is 11.0 Å². The molecule has 2 saturated heterocycles. The van der Waals surface area contributed by atoms with Gasteiger partial charge in [-0.15, -0.1) is 6.58 Å². The first-order chi connectivity index (χ1) is 32.0. The molecule has 1 aromatic carbocycles. The highest BCUT2D eigenvalue weighted by molar-refractivity contribution is 7.91. The average Bonchev–Trinajstić information content (AvgIpc) is 4.23. The highest BCUT2D eigenvalue weighted by Gasteiger charge is 2.63. The molecule has 2 aromatic rings. The zero-order valence-corrected chi connectivity index (χ0v) is 41.2. The van der Waals surface area contributed by atoms with E-state index in [-0.39, 0.29) is 50.4 Å². The maximum atomic E-state index is 14.9. The van der Waals surface area contributed by atoms with Crippen molar-refractivity contribution in [1.82, 2.24) is 30.1 Å². The molecule has 8 atom stereocenters. The first-order valence-corrected chi connectivity index (χ1v) is 25.6. The first kappa shape index (κ1) is 49.3. The summed E-state index contributed by atoms with van der Waals surface area (Å²) in [5, 5.41) is 6.42. The summed E-state index contributed by atoms with van der Waals surface area (Å²) in [6.45, 7) is 17.3. The van der Waals surface area contributed by atoms with E-state index >= 15 is 0 Å². The second-order valence-electron chi connectivity index (χ2n) is 21.8. The molecule has 1 aromatic heterocycles. The van der Waals surface area contributed by atoms with E-state index in [1.807, 2.05) is 45.0 Å². The van der Waals surface area contributed by atoms with Gasteiger partial charge in [-0.25, -0.2) is 23.0 Å². The van der Waals surface area contributed by atoms with E-state index in [9.17, 15) is 32.4 Å². The molecule has 3 saturated carbocycles. The van der Waals surface area contributed by atoms with Gasteiger partial charge in [-0.1, -0.05) is 51.8 Å². The number of aromatic nitrogens is 1. The number of nitrogens with one attached hydrogen (secondary N) is 3. The zero-order chi connectivity index (χ0) is 49.0. The van der Waals surface area contributed by atoms with Crippen LogP contribution in [0, 0.1) is 17.3 Å². The fraction of sp³-hybridized carbons (Fsp3) is 0.673. The van der Waals surface area contributed by atoms with Gasteiger partial charge < -0.3 is 44.1 Å². The lowest BCUT2D eigenvalue weighted by Crippen LogP contribution is -2.60. The Balaban J connectivity index is 1.12. The second kappa shape index (κ2) is 18.6. The fourth-order valence-corrected chi connectivity index (χ4v) is 10.8. The molecule has 0 unspecified atom stereocenters. The number of hydrogen-bond acceptors (Lipinski definition) is 13. The van der Waals surface area contributed by atoms with E-state index in [1.54, 1.807) is 32.6 Å². The number of hydrogen-bond donors (Lipinski definition) is 3. The van der Waals surface area contributed by atoms with Crippen LogP contribution in [0.2, 0.25) is 0 Å². The average molecular weight is 965 g/mol. The van der Waals surface area contributed by atoms with Crippen molar-refractivity contribution >= 4 is 50.8 Å². The van der Waals surface area contributed by atoms with E-state index in [0.717, 1.165) is 37.5 Å². The van der Waals surface area contributed by atoms with Crippen LogP contribution in [0.4, 0.5) is 9.59 Å². The number of carbonyl (C=O) groups excluding carboxylic acids is 5. The van der Waals surface area contributed by atoms with Crippen molar-refractivity contribution in [2.75, 3.05) is 32.8 Å². The number of benzene rings is 1. The molecule has 18 nitrogen and oxygen atoms in total. The van der Waals surface area contributed by atoms with E-state index in [4.69, 9.17) is 28.7 Å². The van der Waals surface area contributed by atoms with Gasteiger partial charge in [0.2, 0.25) is 27.7 Å². The third-order valence-corrected chi connectivity index (χ3v) is 16.3. The molecule has 3 N–H and O–H groups in total. The van der Waals surface area contributed by atoms with Gasteiger partial charge in [0.05, 0.1) is 35.5 Å². The van der Waals surface area contributed by atoms with Gasteiger partial charge >= 0.3 is 12.2 Å². The Kier molecular flexibility index (Phi) is 13.5. The summed E-state index contributed by atoms with van der Waals surface area (Å²) in [6.07, 6.45) is 4.29. The number of nitrogens with zero attached hydrogens (tertiary/aromatic N) is 3. The lowest BCUT2D eigenvalue weighted by Gasteiger charge is -2.35. The summed E-state index contributed by atoms with van der Waals surface area (Å²) in [4.78, 5) is 78.1. The van der Waals surface area contributed by atoms with Crippen molar-refractivity contribution in [2.45, 2.75) is 159 Å². The summed E-state index contributed by atoms with van der Waals surface area (Å²) in [6, 6.07) is 5.20. The maximum Gasteiger partial charge on any atom is 0.410 e. The Labute approximate surface area is 399 Å². The van der Waals surface area contributed by atoms with Gasteiger partial charge in [-0.05, 0) is 96.1 Å². The van der Waals surface area contributed by atoms with Gasteiger partial charge in [0.25, 0.3) is 5.91 Å². The van der Waals surface area contributed by atoms with Crippen molar-refractivity contribution in [3.63, 3.8) is 0 Å². The highest BCUT2D eigenvalue weighted by Crippen LogP contribution is 2.47. The van der Waals surface area contributed by atoms with Gasteiger partial charge in [0.15, 0.2) is 0 Å². The van der Waals surface area contributed by atoms with Crippen LogP contribution < -0.4 is 24.8 Å². The SMILES string of the molecule is C=C[C@@H]1C[C@]1(NC(=O)[C@@H]1C[C@@H]2CN1C(=O)[C@H](C(C)(C)C)NC(=O)O[C@@H]1C[C@H]1CCCCCc1c(nc3ccccc3c1OC[C@H]1CN(C(=O)OC(C)(C)C)CCO1)O2)C(=O)NS(=O)(=O)C1(C)CC1.